The maximum absolute atomic E-state index is 13.2. The number of methoxy groups -OCH3 is 1. The molecule has 2 aliphatic heterocycles. The van der Waals surface area contributed by atoms with E-state index < -0.39 is 12.1 Å². The molecule has 0 bridgehead atoms. The van der Waals surface area contributed by atoms with Crippen LogP contribution in [0, 0.1) is 43.4 Å². The van der Waals surface area contributed by atoms with Gasteiger partial charge in [0.25, 0.3) is 5.91 Å². The topological polar surface area (TPSA) is 153 Å². The molecule has 2 atom stereocenters. The molecule has 2 saturated carbocycles. The predicted octanol–water partition coefficient (Wildman–Crippen LogP) is 9.82. The summed E-state index contributed by atoms with van der Waals surface area (Å²) in [5.74, 6) is 2.31. The summed E-state index contributed by atoms with van der Waals surface area (Å²) >= 11 is 1.77. The second kappa shape index (κ2) is 18.6. The third-order valence-electron chi connectivity index (χ3n) is 14.4. The molecular formula is C49H56F3N9O4S. The number of ether oxygens (including phenoxy) is 3. The fourth-order valence-corrected chi connectivity index (χ4v) is 11.8. The third kappa shape index (κ3) is 9.36. The first-order chi connectivity index (χ1) is 31.7. The van der Waals surface area contributed by atoms with Gasteiger partial charge < -0.3 is 24.4 Å². The summed E-state index contributed by atoms with van der Waals surface area (Å²) in [5.41, 5.74) is 6.32. The number of aryl methyl sites for hydroxylation is 2. The number of rotatable bonds is 11. The van der Waals surface area contributed by atoms with E-state index in [2.05, 4.69) is 78.0 Å². The van der Waals surface area contributed by atoms with Crippen molar-refractivity contribution in [3.8, 4) is 11.1 Å². The monoisotopic (exact) mass is 923 g/mol. The first-order valence-electron chi connectivity index (χ1n) is 23.1. The average molecular weight is 924 g/mol. The summed E-state index contributed by atoms with van der Waals surface area (Å²) in [5, 5.41) is 31.4. The van der Waals surface area contributed by atoms with Crippen molar-refractivity contribution in [3.63, 3.8) is 0 Å². The fourth-order valence-electron chi connectivity index (χ4n) is 10.6. The lowest BCUT2D eigenvalue weighted by Crippen LogP contribution is -2.39. The lowest BCUT2D eigenvalue weighted by atomic mass is 9.68. The van der Waals surface area contributed by atoms with Gasteiger partial charge in [-0.2, -0.15) is 5.26 Å². The Hall–Kier alpha value is -5.60. The average Bonchev–Trinajstić information content (AvgIpc) is 3.96. The fraction of sp³-hybridized carbons (Fsp3) is 0.531. The Kier molecular flexibility index (Phi) is 12.8. The smallest absolute Gasteiger partial charge is 0.494 e. The predicted molar refractivity (Wildman–Crippen MR) is 244 cm³/mol. The number of aliphatic imine (C=N–C) groups is 1. The SMILES string of the molecule is COCC[C@@H]1N=C(c2ccc(C3CCC4(CC3)CCN(c3ccc(C(=O)NC5CCC(OC6=CC(OC(F)(F)F)=C(C#N)CC6C)CC5)nn3)C4)cc2)c2c(sc(C)c2C)-n2c(C)nnc21. The zero-order valence-corrected chi connectivity index (χ0v) is 38.9. The number of carbonyl (C=O) groups is 1. The standard InChI is InChI=1S/C49H56F3N9O4S/c1-28-24-35(26-53)41(65-49(50,51)52)25-40(28)64-37-12-10-36(11-13-37)54-46(62)39-14-15-42(58-57-39)60-22-21-48(27-60)19-16-33(17-20-48)32-6-8-34(9-7-32)44-43-29(2)30(3)66-47(43)61-31(4)56-59-45(61)38(55-44)18-23-63-5/h6-9,14-15,25,28,33,36-38H,10-13,16-24,27H2,1-5H3,(H,54,62)/t28?,33?,36?,37?,38-,48?/m0/s1. The quantitative estimate of drug-likeness (QED) is 0.154. The molecule has 17 heteroatoms. The second-order valence-corrected chi connectivity index (χ2v) is 19.9. The Balaban J connectivity index is 0.771. The van der Waals surface area contributed by atoms with E-state index in [0.29, 0.717) is 44.0 Å². The molecule has 1 N–H and O–H groups in total. The highest BCUT2D eigenvalue weighted by atomic mass is 32.1. The van der Waals surface area contributed by atoms with E-state index in [9.17, 15) is 23.2 Å². The highest BCUT2D eigenvalue weighted by Crippen LogP contribution is 2.49. The van der Waals surface area contributed by atoms with Gasteiger partial charge in [0.15, 0.2) is 17.3 Å². The molecule has 3 aromatic heterocycles. The van der Waals surface area contributed by atoms with E-state index >= 15 is 0 Å². The number of nitrogens with zero attached hydrogens (tertiary/aromatic N) is 8. The van der Waals surface area contributed by atoms with Gasteiger partial charge >= 0.3 is 6.36 Å². The number of carbonyl (C=O) groups excluding carboxylic acids is 1. The molecule has 5 heterocycles. The molecular weight excluding hydrogens is 868 g/mol. The van der Waals surface area contributed by atoms with Crippen LogP contribution in [-0.2, 0) is 14.2 Å². The van der Waals surface area contributed by atoms with Crippen molar-refractivity contribution < 1.29 is 32.2 Å². The molecule has 348 valence electrons. The van der Waals surface area contributed by atoms with Gasteiger partial charge in [0, 0.05) is 67.3 Å². The van der Waals surface area contributed by atoms with E-state index in [-0.39, 0.29) is 53.1 Å². The number of alkyl halides is 3. The molecule has 3 aliphatic carbocycles. The van der Waals surface area contributed by atoms with Crippen LogP contribution >= 0.6 is 11.3 Å². The van der Waals surface area contributed by atoms with Gasteiger partial charge in [0.2, 0.25) is 0 Å². The molecule has 5 aliphatic rings. The maximum atomic E-state index is 13.2. The van der Waals surface area contributed by atoms with E-state index in [1.165, 1.54) is 22.1 Å². The summed E-state index contributed by atoms with van der Waals surface area (Å²) < 4.78 is 56.8. The molecule has 66 heavy (non-hydrogen) atoms. The summed E-state index contributed by atoms with van der Waals surface area (Å²) in [6.07, 6.45) is 5.04. The number of aromatic nitrogens is 5. The first kappa shape index (κ1) is 45.6. The Morgan fingerprint density at radius 1 is 0.985 bits per heavy atom. The Bertz CT molecular complexity index is 2580. The normalized spacial score (nSPS) is 25.4. The van der Waals surface area contributed by atoms with E-state index in [1.807, 2.05) is 26.0 Å². The number of thiophene rings is 1. The van der Waals surface area contributed by atoms with Gasteiger partial charge in [0.05, 0.1) is 23.5 Å². The van der Waals surface area contributed by atoms with Crippen LogP contribution in [0.25, 0.3) is 5.00 Å². The van der Waals surface area contributed by atoms with Gasteiger partial charge in [-0.05, 0) is 120 Å². The summed E-state index contributed by atoms with van der Waals surface area (Å²) in [6.45, 7) is 10.6. The van der Waals surface area contributed by atoms with Gasteiger partial charge in [-0.25, -0.2) is 0 Å². The van der Waals surface area contributed by atoms with Crippen molar-refractivity contribution in [2.75, 3.05) is 31.7 Å². The van der Waals surface area contributed by atoms with Crippen LogP contribution < -0.4 is 10.2 Å². The van der Waals surface area contributed by atoms with Crippen molar-refractivity contribution in [2.24, 2.45) is 16.3 Å². The van der Waals surface area contributed by atoms with Crippen LogP contribution in [-0.4, -0.2) is 81.9 Å². The largest absolute Gasteiger partial charge is 0.573 e. The number of hydrogen-bond acceptors (Lipinski definition) is 12. The lowest BCUT2D eigenvalue weighted by molar-refractivity contribution is -0.304. The van der Waals surface area contributed by atoms with Crippen molar-refractivity contribution in [1.82, 2.24) is 30.3 Å². The number of allylic oxidation sites excluding steroid dienone is 3. The summed E-state index contributed by atoms with van der Waals surface area (Å²) in [7, 11) is 1.72. The molecule has 1 saturated heterocycles. The first-order valence-corrected chi connectivity index (χ1v) is 23.9. The van der Waals surface area contributed by atoms with Gasteiger partial charge in [-0.3, -0.25) is 14.4 Å². The Morgan fingerprint density at radius 3 is 2.42 bits per heavy atom. The molecule has 3 fully saturated rings. The minimum Gasteiger partial charge on any atom is -0.494 e. The number of halogens is 3. The Morgan fingerprint density at radius 2 is 1.74 bits per heavy atom. The van der Waals surface area contributed by atoms with Crippen LogP contribution in [0.5, 0.6) is 0 Å². The highest BCUT2D eigenvalue weighted by Gasteiger charge is 2.42. The zero-order valence-electron chi connectivity index (χ0n) is 38.1. The summed E-state index contributed by atoms with van der Waals surface area (Å²) in [6, 6.07) is 14.3. The minimum absolute atomic E-state index is 0.0577. The van der Waals surface area contributed by atoms with Gasteiger partial charge in [-0.15, -0.1) is 44.9 Å². The van der Waals surface area contributed by atoms with Crippen molar-refractivity contribution in [3.05, 3.63) is 104 Å². The van der Waals surface area contributed by atoms with Gasteiger partial charge in [-0.1, -0.05) is 31.2 Å². The molecule has 1 amide bonds. The maximum Gasteiger partial charge on any atom is 0.573 e. The van der Waals surface area contributed by atoms with Crippen LogP contribution in [0.4, 0.5) is 19.0 Å². The molecule has 13 nitrogen and oxygen atoms in total. The molecule has 9 rings (SSSR count). The number of nitrogens with one attached hydrogen (secondary N) is 1. The van der Waals surface area contributed by atoms with Crippen molar-refractivity contribution >= 4 is 28.8 Å². The second-order valence-electron chi connectivity index (χ2n) is 18.7. The third-order valence-corrected chi connectivity index (χ3v) is 15.6. The molecule has 4 aromatic rings. The van der Waals surface area contributed by atoms with E-state index in [4.69, 9.17) is 14.5 Å². The van der Waals surface area contributed by atoms with Crippen molar-refractivity contribution in [1.29, 1.82) is 5.26 Å². The number of nitriles is 1. The Labute approximate surface area is 387 Å². The van der Waals surface area contributed by atoms with Crippen LogP contribution in [0.2, 0.25) is 0 Å². The van der Waals surface area contributed by atoms with E-state index in [0.717, 1.165) is 90.9 Å². The molecule has 0 radical (unpaired) electrons. The molecule has 1 unspecified atom stereocenters. The molecule has 1 aromatic carbocycles. The lowest BCUT2D eigenvalue weighted by Gasteiger charge is -2.37. The van der Waals surface area contributed by atoms with Crippen LogP contribution in [0.15, 0.2) is 64.6 Å². The number of benzene rings is 1. The minimum atomic E-state index is -4.91. The van der Waals surface area contributed by atoms with E-state index in [1.54, 1.807) is 24.5 Å². The molecule has 1 spiro atoms. The number of amides is 1. The number of anilines is 1. The summed E-state index contributed by atoms with van der Waals surface area (Å²) in [4.78, 5) is 22.2. The van der Waals surface area contributed by atoms with Crippen LogP contribution in [0.3, 0.4) is 0 Å². The number of hydrogen-bond donors (Lipinski definition) is 1. The zero-order chi connectivity index (χ0) is 46.3. The van der Waals surface area contributed by atoms with Crippen molar-refractivity contribution in [2.45, 2.75) is 129 Å². The van der Waals surface area contributed by atoms with Gasteiger partial charge in [0.1, 0.15) is 28.4 Å². The highest BCUT2D eigenvalue weighted by molar-refractivity contribution is 7.15. The van der Waals surface area contributed by atoms with Crippen LogP contribution in [0.1, 0.15) is 139 Å². The number of fused-ring (bicyclic) bond motifs is 3.